The summed E-state index contributed by atoms with van der Waals surface area (Å²) in [6.07, 6.45) is 3.30. The molecule has 140 valence electrons. The van der Waals surface area contributed by atoms with Crippen molar-refractivity contribution in [1.82, 2.24) is 14.9 Å². The number of halogens is 1. The number of aromatic nitrogens is 2. The molecule has 0 unspecified atom stereocenters. The van der Waals surface area contributed by atoms with Gasteiger partial charge in [-0.1, -0.05) is 30.3 Å². The molecule has 0 atom stereocenters. The van der Waals surface area contributed by atoms with Crippen molar-refractivity contribution >= 4 is 16.7 Å². The van der Waals surface area contributed by atoms with Crippen molar-refractivity contribution in [3.8, 4) is 11.4 Å². The minimum Gasteiger partial charge on any atom is -0.507 e. The van der Waals surface area contributed by atoms with Gasteiger partial charge in [0, 0.05) is 18.9 Å². The van der Waals surface area contributed by atoms with Crippen LogP contribution >= 0.6 is 0 Å². The Morgan fingerprint density at radius 3 is 2.57 bits per heavy atom. The largest absolute Gasteiger partial charge is 0.507 e. The van der Waals surface area contributed by atoms with Gasteiger partial charge in [-0.2, -0.15) is 0 Å². The number of aryl methyl sites for hydroxylation is 1. The Bertz CT molecular complexity index is 1180. The molecule has 2 N–H and O–H groups in total. The van der Waals surface area contributed by atoms with E-state index in [0.717, 1.165) is 10.8 Å². The molecule has 0 saturated carbocycles. The summed E-state index contributed by atoms with van der Waals surface area (Å²) in [4.78, 5) is 16.6. The van der Waals surface area contributed by atoms with Gasteiger partial charge in [-0.25, -0.2) is 9.37 Å². The highest BCUT2D eigenvalue weighted by atomic mass is 19.1. The highest BCUT2D eigenvalue weighted by Gasteiger charge is 2.13. The number of benzene rings is 3. The predicted octanol–water partition coefficient (Wildman–Crippen LogP) is 4.11. The topological polar surface area (TPSA) is 67.2 Å². The highest BCUT2D eigenvalue weighted by molar-refractivity contribution is 6.01. The minimum absolute atomic E-state index is 0.0895. The number of hydrogen-bond acceptors (Lipinski definition) is 3. The smallest absolute Gasteiger partial charge is 0.255 e. The molecular weight excluding hydrogens is 357 g/mol. The molecule has 6 heteroatoms. The number of aromatic hydroxyl groups is 1. The van der Waals surface area contributed by atoms with E-state index in [1.165, 1.54) is 6.07 Å². The molecule has 0 spiro atoms. The molecule has 4 rings (SSSR count). The number of phenols is 1. The summed E-state index contributed by atoms with van der Waals surface area (Å²) in [5, 5.41) is 14.6. The van der Waals surface area contributed by atoms with Crippen molar-refractivity contribution < 1.29 is 14.3 Å². The van der Waals surface area contributed by atoms with Crippen molar-refractivity contribution in [3.63, 3.8) is 0 Å². The highest BCUT2D eigenvalue weighted by Crippen LogP contribution is 2.25. The zero-order valence-electron chi connectivity index (χ0n) is 15.2. The molecule has 0 aliphatic carbocycles. The fourth-order valence-electron chi connectivity index (χ4n) is 3.18. The molecule has 28 heavy (non-hydrogen) atoms. The average molecular weight is 375 g/mol. The fraction of sp³-hybridized carbons (Fsp3) is 0.0909. The third-order valence-corrected chi connectivity index (χ3v) is 4.66. The normalized spacial score (nSPS) is 10.9. The van der Waals surface area contributed by atoms with Crippen molar-refractivity contribution in [2.45, 2.75) is 13.5 Å². The number of nitrogens with one attached hydrogen (secondary N) is 1. The first-order chi connectivity index (χ1) is 13.5. The van der Waals surface area contributed by atoms with Crippen LogP contribution in [0.15, 0.2) is 67.0 Å². The van der Waals surface area contributed by atoms with E-state index < -0.39 is 11.7 Å². The maximum Gasteiger partial charge on any atom is 0.255 e. The first kappa shape index (κ1) is 17.7. The van der Waals surface area contributed by atoms with Gasteiger partial charge >= 0.3 is 0 Å². The second-order valence-electron chi connectivity index (χ2n) is 6.53. The number of rotatable bonds is 4. The summed E-state index contributed by atoms with van der Waals surface area (Å²) < 4.78 is 16.1. The molecule has 5 nitrogen and oxygen atoms in total. The van der Waals surface area contributed by atoms with E-state index in [9.17, 15) is 14.3 Å². The summed E-state index contributed by atoms with van der Waals surface area (Å²) in [6.45, 7) is 1.94. The SMILES string of the molecule is Cc1nccn1-c1ccc(CNC(=O)c2cc3ccccc3cc2O)cc1F. The van der Waals surface area contributed by atoms with Crippen LogP contribution in [0.2, 0.25) is 0 Å². The minimum atomic E-state index is -0.418. The summed E-state index contributed by atoms with van der Waals surface area (Å²) in [7, 11) is 0. The second-order valence-corrected chi connectivity index (χ2v) is 6.53. The Balaban J connectivity index is 1.52. The van der Waals surface area contributed by atoms with E-state index >= 15 is 0 Å². The molecule has 0 saturated heterocycles. The Labute approximate surface area is 161 Å². The molecule has 1 aromatic heterocycles. The van der Waals surface area contributed by atoms with Crippen LogP contribution < -0.4 is 5.32 Å². The molecule has 3 aromatic carbocycles. The molecular formula is C22H18FN3O2. The van der Waals surface area contributed by atoms with Crippen molar-refractivity contribution in [1.29, 1.82) is 0 Å². The van der Waals surface area contributed by atoms with Crippen LogP contribution in [0.5, 0.6) is 5.75 Å². The Hall–Kier alpha value is -3.67. The van der Waals surface area contributed by atoms with Gasteiger partial charge in [0.2, 0.25) is 0 Å². The second kappa shape index (κ2) is 7.15. The quantitative estimate of drug-likeness (QED) is 0.564. The number of carbonyl (C=O) groups is 1. The van der Waals surface area contributed by atoms with Gasteiger partial charge in [0.15, 0.2) is 0 Å². The van der Waals surface area contributed by atoms with Crippen LogP contribution in [0.1, 0.15) is 21.7 Å². The molecule has 1 heterocycles. The lowest BCUT2D eigenvalue weighted by Crippen LogP contribution is -2.23. The van der Waals surface area contributed by atoms with Gasteiger partial charge in [0.25, 0.3) is 5.91 Å². The molecule has 0 aliphatic heterocycles. The predicted molar refractivity (Wildman–Crippen MR) is 105 cm³/mol. The van der Waals surface area contributed by atoms with Gasteiger partial charge in [0.1, 0.15) is 17.4 Å². The summed E-state index contributed by atoms with van der Waals surface area (Å²) >= 11 is 0. The van der Waals surface area contributed by atoms with E-state index in [2.05, 4.69) is 10.3 Å². The number of carbonyl (C=O) groups excluding carboxylic acids is 1. The lowest BCUT2D eigenvalue weighted by atomic mass is 10.1. The molecule has 0 fully saturated rings. The van der Waals surface area contributed by atoms with E-state index in [1.807, 2.05) is 24.3 Å². The fourth-order valence-corrected chi connectivity index (χ4v) is 3.18. The summed E-state index contributed by atoms with van der Waals surface area (Å²) in [6, 6.07) is 15.5. The monoisotopic (exact) mass is 375 g/mol. The summed E-state index contributed by atoms with van der Waals surface area (Å²) in [5.74, 6) is -0.223. The maximum atomic E-state index is 14.5. The Morgan fingerprint density at radius 1 is 1.14 bits per heavy atom. The van der Waals surface area contributed by atoms with Crippen LogP contribution in [0.4, 0.5) is 4.39 Å². The zero-order chi connectivity index (χ0) is 19.7. The number of hydrogen-bond donors (Lipinski definition) is 2. The molecule has 1 amide bonds. The van der Waals surface area contributed by atoms with Crippen molar-refractivity contribution in [2.24, 2.45) is 0 Å². The zero-order valence-corrected chi connectivity index (χ0v) is 15.2. The van der Waals surface area contributed by atoms with Gasteiger partial charge in [0.05, 0.1) is 11.3 Å². The first-order valence-electron chi connectivity index (χ1n) is 8.81. The van der Waals surface area contributed by atoms with Crippen LogP contribution in [0.25, 0.3) is 16.5 Å². The lowest BCUT2D eigenvalue weighted by molar-refractivity contribution is 0.0948. The molecule has 4 aromatic rings. The van der Waals surface area contributed by atoms with Crippen molar-refractivity contribution in [3.05, 3.63) is 89.8 Å². The van der Waals surface area contributed by atoms with Gasteiger partial charge < -0.3 is 15.0 Å². The lowest BCUT2D eigenvalue weighted by Gasteiger charge is -2.11. The first-order valence-corrected chi connectivity index (χ1v) is 8.81. The molecule has 0 radical (unpaired) electrons. The van der Waals surface area contributed by atoms with Crippen LogP contribution in [0, 0.1) is 12.7 Å². The van der Waals surface area contributed by atoms with E-state index in [1.54, 1.807) is 48.1 Å². The Kier molecular flexibility index (Phi) is 4.53. The number of nitrogens with zero attached hydrogens (tertiary/aromatic N) is 2. The third-order valence-electron chi connectivity index (χ3n) is 4.66. The number of imidazole rings is 1. The number of fused-ring (bicyclic) bond motifs is 1. The standard InChI is InChI=1S/C22H18FN3O2/c1-14-24-8-9-26(14)20-7-6-15(10-19(20)23)13-25-22(28)18-11-16-4-2-3-5-17(16)12-21(18)27/h2-12,27H,13H2,1H3,(H,25,28). The van der Waals surface area contributed by atoms with Crippen molar-refractivity contribution in [2.75, 3.05) is 0 Å². The van der Waals surface area contributed by atoms with Gasteiger partial charge in [-0.05, 0) is 47.5 Å². The van der Waals surface area contributed by atoms with E-state index in [0.29, 0.717) is 17.1 Å². The van der Waals surface area contributed by atoms with Gasteiger partial charge in [-0.3, -0.25) is 4.79 Å². The third kappa shape index (κ3) is 3.32. The van der Waals surface area contributed by atoms with Crippen LogP contribution in [0.3, 0.4) is 0 Å². The molecule has 0 bridgehead atoms. The average Bonchev–Trinajstić information content (AvgIpc) is 3.11. The van der Waals surface area contributed by atoms with Crippen LogP contribution in [-0.4, -0.2) is 20.6 Å². The van der Waals surface area contributed by atoms with Crippen LogP contribution in [-0.2, 0) is 6.54 Å². The number of phenolic OH excluding ortho intramolecular Hbond substituents is 1. The van der Waals surface area contributed by atoms with E-state index in [4.69, 9.17) is 0 Å². The summed E-state index contributed by atoms with van der Waals surface area (Å²) in [5.41, 5.74) is 1.20. The number of amides is 1. The van der Waals surface area contributed by atoms with Gasteiger partial charge in [-0.15, -0.1) is 0 Å². The Morgan fingerprint density at radius 2 is 1.89 bits per heavy atom. The molecule has 0 aliphatic rings. The maximum absolute atomic E-state index is 14.5. The van der Waals surface area contributed by atoms with E-state index in [-0.39, 0.29) is 17.9 Å².